The van der Waals surface area contributed by atoms with Crippen LogP contribution in [0.15, 0.2) is 59.8 Å². The summed E-state index contributed by atoms with van der Waals surface area (Å²) in [5.41, 5.74) is 1.92. The molecule has 1 amide bonds. The highest BCUT2D eigenvalue weighted by molar-refractivity contribution is 7.89. The molecule has 2 aromatic carbocycles. The highest BCUT2D eigenvalue weighted by Gasteiger charge is 2.26. The molecular weight excluding hydrogens is 428 g/mol. The van der Waals surface area contributed by atoms with Crippen molar-refractivity contribution in [2.45, 2.75) is 32.2 Å². The third kappa shape index (κ3) is 5.00. The lowest BCUT2D eigenvalue weighted by Crippen LogP contribution is -2.31. The van der Waals surface area contributed by atoms with Crippen LogP contribution in [0.25, 0.3) is 0 Å². The monoisotopic (exact) mass is 456 g/mol. The molecule has 3 aromatic rings. The molecule has 170 valence electrons. The van der Waals surface area contributed by atoms with Crippen LogP contribution in [0, 0.1) is 6.92 Å². The summed E-state index contributed by atoms with van der Waals surface area (Å²) in [5.74, 6) is 0.729. The van der Waals surface area contributed by atoms with Crippen LogP contribution in [0.5, 0.6) is 5.75 Å². The number of methoxy groups -OCH3 is 1. The molecule has 0 aliphatic heterocycles. The molecule has 0 unspecified atom stereocenters. The number of aromatic nitrogens is 2. The zero-order valence-electron chi connectivity index (χ0n) is 18.7. The summed E-state index contributed by atoms with van der Waals surface area (Å²) in [7, 11) is -2.38. The van der Waals surface area contributed by atoms with Gasteiger partial charge in [0, 0.05) is 43.3 Å². The first kappa shape index (κ1) is 23.5. The SMILES string of the molecule is CCN(CC)S(=O)(=O)c1cc(C(=O)Nc2ccc(Cn3ccnc3C)cc2)ccc1OC. The van der Waals surface area contributed by atoms with Gasteiger partial charge in [-0.15, -0.1) is 0 Å². The van der Waals surface area contributed by atoms with Gasteiger partial charge in [-0.1, -0.05) is 26.0 Å². The first-order valence-corrected chi connectivity index (χ1v) is 11.8. The number of hydrogen-bond acceptors (Lipinski definition) is 5. The molecule has 1 heterocycles. The molecule has 9 heteroatoms. The Hall–Kier alpha value is -3.17. The number of benzene rings is 2. The van der Waals surface area contributed by atoms with Crippen molar-refractivity contribution in [3.63, 3.8) is 0 Å². The number of sulfonamides is 1. The summed E-state index contributed by atoms with van der Waals surface area (Å²) >= 11 is 0. The molecule has 0 saturated carbocycles. The third-order valence-electron chi connectivity index (χ3n) is 5.24. The van der Waals surface area contributed by atoms with Crippen molar-refractivity contribution >= 4 is 21.6 Å². The molecule has 3 rings (SSSR count). The number of rotatable bonds is 9. The lowest BCUT2D eigenvalue weighted by Gasteiger charge is -2.20. The minimum absolute atomic E-state index is 0.0256. The predicted octanol–water partition coefficient (Wildman–Crippen LogP) is 3.53. The number of aryl methyl sites for hydroxylation is 1. The van der Waals surface area contributed by atoms with Crippen LogP contribution >= 0.6 is 0 Å². The molecule has 0 fully saturated rings. The van der Waals surface area contributed by atoms with E-state index in [1.807, 2.05) is 42.0 Å². The van der Waals surface area contributed by atoms with Crippen LogP contribution in [0.3, 0.4) is 0 Å². The first-order valence-electron chi connectivity index (χ1n) is 10.4. The Morgan fingerprint density at radius 3 is 2.38 bits per heavy atom. The topological polar surface area (TPSA) is 93.5 Å². The summed E-state index contributed by atoms with van der Waals surface area (Å²) in [6.07, 6.45) is 3.67. The minimum atomic E-state index is -3.79. The average molecular weight is 457 g/mol. The van der Waals surface area contributed by atoms with E-state index in [1.54, 1.807) is 26.1 Å². The van der Waals surface area contributed by atoms with E-state index in [0.717, 1.165) is 11.4 Å². The summed E-state index contributed by atoms with van der Waals surface area (Å²) < 4.78 is 34.6. The van der Waals surface area contributed by atoms with Crippen molar-refractivity contribution in [3.8, 4) is 5.75 Å². The number of imidazole rings is 1. The van der Waals surface area contributed by atoms with E-state index < -0.39 is 15.9 Å². The molecule has 0 aliphatic carbocycles. The van der Waals surface area contributed by atoms with Gasteiger partial charge in [0.2, 0.25) is 10.0 Å². The molecule has 0 spiro atoms. The molecular formula is C23H28N4O4S. The largest absolute Gasteiger partial charge is 0.495 e. The maximum atomic E-state index is 13.0. The Labute approximate surface area is 188 Å². The Morgan fingerprint density at radius 2 is 1.81 bits per heavy atom. The number of ether oxygens (including phenoxy) is 1. The molecule has 0 atom stereocenters. The van der Waals surface area contributed by atoms with E-state index in [4.69, 9.17) is 4.74 Å². The van der Waals surface area contributed by atoms with Crippen molar-refractivity contribution in [3.05, 3.63) is 71.8 Å². The van der Waals surface area contributed by atoms with E-state index in [1.165, 1.54) is 23.5 Å². The second-order valence-corrected chi connectivity index (χ2v) is 9.11. The second-order valence-electron chi connectivity index (χ2n) is 7.21. The fraction of sp³-hybridized carbons (Fsp3) is 0.304. The number of carbonyl (C=O) groups is 1. The van der Waals surface area contributed by atoms with Gasteiger partial charge in [-0.05, 0) is 42.8 Å². The predicted molar refractivity (Wildman–Crippen MR) is 124 cm³/mol. The van der Waals surface area contributed by atoms with Crippen LogP contribution < -0.4 is 10.1 Å². The van der Waals surface area contributed by atoms with Crippen LogP contribution in [0.4, 0.5) is 5.69 Å². The quantitative estimate of drug-likeness (QED) is 0.532. The van der Waals surface area contributed by atoms with Gasteiger partial charge in [0.05, 0.1) is 7.11 Å². The van der Waals surface area contributed by atoms with E-state index in [0.29, 0.717) is 25.3 Å². The molecule has 0 bridgehead atoms. The first-order chi connectivity index (χ1) is 15.3. The van der Waals surface area contributed by atoms with Gasteiger partial charge in [-0.2, -0.15) is 4.31 Å². The number of nitrogens with one attached hydrogen (secondary N) is 1. The number of anilines is 1. The molecule has 32 heavy (non-hydrogen) atoms. The smallest absolute Gasteiger partial charge is 0.255 e. The van der Waals surface area contributed by atoms with Gasteiger partial charge >= 0.3 is 0 Å². The standard InChI is InChI=1S/C23H28N4O4S/c1-5-27(6-2)32(29,30)22-15-19(9-12-21(22)31-4)23(28)25-20-10-7-18(8-11-20)16-26-14-13-24-17(26)3/h7-15H,5-6,16H2,1-4H3,(H,25,28). The highest BCUT2D eigenvalue weighted by atomic mass is 32.2. The number of nitrogens with zero attached hydrogens (tertiary/aromatic N) is 3. The van der Waals surface area contributed by atoms with E-state index in [-0.39, 0.29) is 16.2 Å². The minimum Gasteiger partial charge on any atom is -0.495 e. The van der Waals surface area contributed by atoms with E-state index >= 15 is 0 Å². The van der Waals surface area contributed by atoms with Gasteiger partial charge in [-0.3, -0.25) is 4.79 Å². The van der Waals surface area contributed by atoms with Crippen LogP contribution in [0.1, 0.15) is 35.6 Å². The van der Waals surface area contributed by atoms with Crippen LogP contribution in [-0.2, 0) is 16.6 Å². The zero-order valence-corrected chi connectivity index (χ0v) is 19.5. The number of carbonyl (C=O) groups excluding carboxylic acids is 1. The molecule has 8 nitrogen and oxygen atoms in total. The maximum absolute atomic E-state index is 13.0. The third-order valence-corrected chi connectivity index (χ3v) is 7.31. The van der Waals surface area contributed by atoms with Gasteiger partial charge in [0.1, 0.15) is 16.5 Å². The maximum Gasteiger partial charge on any atom is 0.255 e. The molecule has 1 N–H and O–H groups in total. The van der Waals surface area contributed by atoms with Gasteiger partial charge in [0.15, 0.2) is 0 Å². The summed E-state index contributed by atoms with van der Waals surface area (Å²) in [6.45, 7) is 6.81. The second kappa shape index (κ2) is 9.97. The van der Waals surface area contributed by atoms with E-state index in [9.17, 15) is 13.2 Å². The van der Waals surface area contributed by atoms with Crippen molar-refractivity contribution in [1.29, 1.82) is 0 Å². The van der Waals surface area contributed by atoms with Gasteiger partial charge in [0.25, 0.3) is 5.91 Å². The fourth-order valence-electron chi connectivity index (χ4n) is 3.39. The van der Waals surface area contributed by atoms with Gasteiger partial charge < -0.3 is 14.6 Å². The van der Waals surface area contributed by atoms with Crippen molar-refractivity contribution in [2.24, 2.45) is 0 Å². The average Bonchev–Trinajstić information content (AvgIpc) is 3.19. The lowest BCUT2D eigenvalue weighted by atomic mass is 10.1. The normalized spacial score (nSPS) is 11.5. The van der Waals surface area contributed by atoms with Crippen LogP contribution in [-0.4, -0.2) is 48.4 Å². The highest BCUT2D eigenvalue weighted by Crippen LogP contribution is 2.28. The lowest BCUT2D eigenvalue weighted by molar-refractivity contribution is 0.102. The Kier molecular flexibility index (Phi) is 7.32. The summed E-state index contributed by atoms with van der Waals surface area (Å²) in [6, 6.07) is 11.9. The zero-order chi connectivity index (χ0) is 23.3. The Morgan fingerprint density at radius 1 is 1.12 bits per heavy atom. The molecule has 1 aromatic heterocycles. The van der Waals surface area contributed by atoms with Crippen LogP contribution in [0.2, 0.25) is 0 Å². The van der Waals surface area contributed by atoms with Crippen molar-refractivity contribution < 1.29 is 17.9 Å². The van der Waals surface area contributed by atoms with E-state index in [2.05, 4.69) is 10.3 Å². The van der Waals surface area contributed by atoms with Crippen molar-refractivity contribution in [2.75, 3.05) is 25.5 Å². The van der Waals surface area contributed by atoms with Gasteiger partial charge in [-0.25, -0.2) is 13.4 Å². The molecule has 0 radical (unpaired) electrons. The van der Waals surface area contributed by atoms with Crippen molar-refractivity contribution in [1.82, 2.24) is 13.9 Å². The summed E-state index contributed by atoms with van der Waals surface area (Å²) in [4.78, 5) is 17.0. The fourth-order valence-corrected chi connectivity index (χ4v) is 5.03. The number of amides is 1. The molecule has 0 saturated heterocycles. The molecule has 0 aliphatic rings. The number of hydrogen-bond donors (Lipinski definition) is 1. The Bertz CT molecular complexity index is 1180. The summed E-state index contributed by atoms with van der Waals surface area (Å²) in [5, 5.41) is 2.82. The Balaban J connectivity index is 1.80.